The van der Waals surface area contributed by atoms with Gasteiger partial charge in [0.15, 0.2) is 5.16 Å². The van der Waals surface area contributed by atoms with Gasteiger partial charge in [0.05, 0.1) is 11.1 Å². The highest BCUT2D eigenvalue weighted by molar-refractivity contribution is 7.99. The van der Waals surface area contributed by atoms with Crippen molar-refractivity contribution in [3.8, 4) is 11.4 Å². The molecule has 0 fully saturated rings. The molecule has 2 aromatic heterocycles. The zero-order chi connectivity index (χ0) is 20.3. The lowest BCUT2D eigenvalue weighted by atomic mass is 10.3. The van der Waals surface area contributed by atoms with Crippen LogP contribution in [0.15, 0.2) is 46.5 Å². The van der Waals surface area contributed by atoms with Crippen LogP contribution in [0.1, 0.15) is 6.92 Å². The Morgan fingerprint density at radius 2 is 1.89 bits per heavy atom. The zero-order valence-electron chi connectivity index (χ0n) is 14.9. The second-order valence-electron chi connectivity index (χ2n) is 5.80. The van der Waals surface area contributed by atoms with Gasteiger partial charge in [-0.15, -0.1) is 0 Å². The molecule has 28 heavy (non-hydrogen) atoms. The van der Waals surface area contributed by atoms with Gasteiger partial charge in [0.2, 0.25) is 0 Å². The molecule has 0 spiro atoms. The second kappa shape index (κ2) is 8.26. The first kappa shape index (κ1) is 20.2. The fourth-order valence-electron chi connectivity index (χ4n) is 2.73. The number of nitrogens with zero attached hydrogens (tertiary/aromatic N) is 3. The lowest BCUT2D eigenvalue weighted by Gasteiger charge is -2.14. The van der Waals surface area contributed by atoms with E-state index < -0.39 is 25.0 Å². The first-order valence-electron chi connectivity index (χ1n) is 8.44. The fraction of sp³-hybridized carbons (Fsp3) is 0.333. The highest BCUT2D eigenvalue weighted by Gasteiger charge is 2.29. The number of fused-ring (bicyclic) bond motifs is 1. The van der Waals surface area contributed by atoms with Crippen molar-refractivity contribution in [2.24, 2.45) is 0 Å². The number of ether oxygens (including phenoxy) is 1. The minimum Gasteiger partial charge on any atom is -0.491 e. The van der Waals surface area contributed by atoms with Crippen LogP contribution in [0.4, 0.5) is 17.6 Å². The molecule has 0 aliphatic rings. The SMILES string of the molecule is CCSc1nc2c(ccn2CC(F)(F)F)c(=O)n1-c1ccc(OCCF)cc1. The van der Waals surface area contributed by atoms with Crippen molar-refractivity contribution in [2.45, 2.75) is 24.8 Å². The lowest BCUT2D eigenvalue weighted by molar-refractivity contribution is -0.139. The molecule has 0 aliphatic heterocycles. The minimum atomic E-state index is -4.42. The summed E-state index contributed by atoms with van der Waals surface area (Å²) in [5, 5.41) is 0.391. The summed E-state index contributed by atoms with van der Waals surface area (Å²) in [6, 6.07) is 7.77. The first-order chi connectivity index (χ1) is 13.3. The van der Waals surface area contributed by atoms with Crippen molar-refractivity contribution in [1.29, 1.82) is 0 Å². The van der Waals surface area contributed by atoms with E-state index in [2.05, 4.69) is 4.98 Å². The molecule has 5 nitrogen and oxygen atoms in total. The number of rotatable bonds is 7. The fourth-order valence-corrected chi connectivity index (χ4v) is 3.45. The molecule has 150 valence electrons. The van der Waals surface area contributed by atoms with E-state index in [0.717, 1.165) is 4.57 Å². The molecule has 0 atom stereocenters. The topological polar surface area (TPSA) is 49.0 Å². The number of hydrogen-bond acceptors (Lipinski definition) is 4. The van der Waals surface area contributed by atoms with Gasteiger partial charge < -0.3 is 9.30 Å². The van der Waals surface area contributed by atoms with Crippen LogP contribution in [0.25, 0.3) is 16.7 Å². The molecule has 2 heterocycles. The molecule has 0 bridgehead atoms. The maximum absolute atomic E-state index is 13.0. The van der Waals surface area contributed by atoms with E-state index in [1.807, 2.05) is 6.92 Å². The third-order valence-corrected chi connectivity index (χ3v) is 4.65. The van der Waals surface area contributed by atoms with E-state index in [4.69, 9.17) is 4.74 Å². The third kappa shape index (κ3) is 4.32. The highest BCUT2D eigenvalue weighted by Crippen LogP contribution is 2.25. The molecular weight excluding hydrogens is 398 g/mol. The molecule has 0 aliphatic carbocycles. The summed E-state index contributed by atoms with van der Waals surface area (Å²) in [7, 11) is 0. The van der Waals surface area contributed by atoms with Crippen LogP contribution in [0, 0.1) is 0 Å². The smallest absolute Gasteiger partial charge is 0.406 e. The van der Waals surface area contributed by atoms with E-state index >= 15 is 0 Å². The van der Waals surface area contributed by atoms with Crippen LogP contribution in [-0.2, 0) is 6.54 Å². The van der Waals surface area contributed by atoms with Crippen molar-refractivity contribution in [3.63, 3.8) is 0 Å². The summed E-state index contributed by atoms with van der Waals surface area (Å²) in [5.74, 6) is 1.03. The highest BCUT2D eigenvalue weighted by atomic mass is 32.2. The number of benzene rings is 1. The van der Waals surface area contributed by atoms with Gasteiger partial charge in [-0.3, -0.25) is 9.36 Å². The van der Waals surface area contributed by atoms with Crippen LogP contribution < -0.4 is 10.3 Å². The lowest BCUT2D eigenvalue weighted by Crippen LogP contribution is -2.23. The molecule has 3 aromatic rings. The van der Waals surface area contributed by atoms with E-state index in [0.29, 0.717) is 22.3 Å². The molecule has 0 saturated heterocycles. The predicted octanol–water partition coefficient (Wildman–Crippen LogP) is 4.21. The number of hydrogen-bond donors (Lipinski definition) is 0. The largest absolute Gasteiger partial charge is 0.491 e. The number of thioether (sulfide) groups is 1. The molecule has 0 unspecified atom stereocenters. The maximum Gasteiger partial charge on any atom is 0.406 e. The van der Waals surface area contributed by atoms with Gasteiger partial charge in [0.25, 0.3) is 5.56 Å². The average molecular weight is 415 g/mol. The van der Waals surface area contributed by atoms with Crippen LogP contribution in [0.5, 0.6) is 5.75 Å². The Morgan fingerprint density at radius 3 is 2.50 bits per heavy atom. The Bertz CT molecular complexity index is 1010. The van der Waals surface area contributed by atoms with Crippen LogP contribution >= 0.6 is 11.8 Å². The van der Waals surface area contributed by atoms with E-state index in [1.165, 1.54) is 28.6 Å². The van der Waals surface area contributed by atoms with Gasteiger partial charge in [-0.05, 0) is 36.1 Å². The summed E-state index contributed by atoms with van der Waals surface area (Å²) in [6.07, 6.45) is -3.21. The molecule has 0 radical (unpaired) electrons. The van der Waals surface area contributed by atoms with Crippen LogP contribution in [-0.4, -0.2) is 39.3 Å². The van der Waals surface area contributed by atoms with Gasteiger partial charge in [-0.1, -0.05) is 18.7 Å². The standard InChI is InChI=1S/C18H17F4N3O2S/c1-2-28-17-23-15-14(7-9-24(15)11-18(20,21)22)16(26)25(17)12-3-5-13(6-4-12)27-10-8-19/h3-7,9H,2,8,10-11H2,1H3. The summed E-state index contributed by atoms with van der Waals surface area (Å²) in [6.45, 7) is -0.0533. The Labute approximate surface area is 161 Å². The summed E-state index contributed by atoms with van der Waals surface area (Å²) < 4.78 is 58.1. The number of alkyl halides is 4. The first-order valence-corrected chi connectivity index (χ1v) is 9.43. The van der Waals surface area contributed by atoms with Gasteiger partial charge in [0.1, 0.15) is 31.2 Å². The molecule has 1 aromatic carbocycles. The van der Waals surface area contributed by atoms with Gasteiger partial charge in [0, 0.05) is 6.20 Å². The van der Waals surface area contributed by atoms with Crippen molar-refractivity contribution in [2.75, 3.05) is 19.0 Å². The maximum atomic E-state index is 13.0. The normalized spacial score (nSPS) is 11.9. The monoisotopic (exact) mass is 415 g/mol. The Balaban J connectivity index is 2.10. The minimum absolute atomic E-state index is 0.00238. The number of aromatic nitrogens is 3. The average Bonchev–Trinajstić information content (AvgIpc) is 3.02. The zero-order valence-corrected chi connectivity index (χ0v) is 15.7. The Kier molecular flexibility index (Phi) is 5.97. The summed E-state index contributed by atoms with van der Waals surface area (Å²) >= 11 is 1.25. The van der Waals surface area contributed by atoms with Crippen molar-refractivity contribution in [3.05, 3.63) is 46.9 Å². The van der Waals surface area contributed by atoms with Crippen LogP contribution in [0.2, 0.25) is 0 Å². The van der Waals surface area contributed by atoms with Gasteiger partial charge in [-0.2, -0.15) is 13.2 Å². The summed E-state index contributed by atoms with van der Waals surface area (Å²) in [5.41, 5.74) is 0.0308. The van der Waals surface area contributed by atoms with Gasteiger partial charge in [-0.25, -0.2) is 9.37 Å². The molecule has 10 heteroatoms. The van der Waals surface area contributed by atoms with Crippen molar-refractivity contribution >= 4 is 22.8 Å². The van der Waals surface area contributed by atoms with E-state index in [-0.39, 0.29) is 17.6 Å². The van der Waals surface area contributed by atoms with Gasteiger partial charge >= 0.3 is 6.18 Å². The predicted molar refractivity (Wildman–Crippen MR) is 99.3 cm³/mol. The van der Waals surface area contributed by atoms with E-state index in [1.54, 1.807) is 24.3 Å². The summed E-state index contributed by atoms with van der Waals surface area (Å²) in [4.78, 5) is 17.3. The van der Waals surface area contributed by atoms with Crippen molar-refractivity contribution in [1.82, 2.24) is 14.1 Å². The molecule has 0 N–H and O–H groups in total. The molecule has 0 saturated carbocycles. The Hall–Kier alpha value is -2.49. The quantitative estimate of drug-likeness (QED) is 0.330. The molecule has 3 rings (SSSR count). The van der Waals surface area contributed by atoms with Crippen molar-refractivity contribution < 1.29 is 22.3 Å². The third-order valence-electron chi connectivity index (χ3n) is 3.82. The second-order valence-corrected chi connectivity index (χ2v) is 7.03. The number of halogens is 4. The molecular formula is C18H17F4N3O2S. The van der Waals surface area contributed by atoms with E-state index in [9.17, 15) is 22.4 Å². The van der Waals surface area contributed by atoms with Crippen LogP contribution in [0.3, 0.4) is 0 Å². The molecule has 0 amide bonds. The Morgan fingerprint density at radius 1 is 1.18 bits per heavy atom.